The van der Waals surface area contributed by atoms with E-state index in [0.717, 1.165) is 63.8 Å². The quantitative estimate of drug-likeness (QED) is 0.558. The Hall–Kier alpha value is -1.92. The van der Waals surface area contributed by atoms with Gasteiger partial charge in [-0.15, -0.1) is 0 Å². The summed E-state index contributed by atoms with van der Waals surface area (Å²) in [5.74, 6) is 0.161. The van der Waals surface area contributed by atoms with E-state index < -0.39 is 0 Å². The smallest absolute Gasteiger partial charge is 0.238 e. The third-order valence-electron chi connectivity index (χ3n) is 4.74. The Bertz CT molecular complexity index is 542. The molecule has 4 N–H and O–H groups in total. The van der Waals surface area contributed by atoms with Crippen LogP contribution in [0.2, 0.25) is 0 Å². The lowest BCUT2D eigenvalue weighted by molar-refractivity contribution is -0.122. The molecule has 1 saturated heterocycles. The second kappa shape index (κ2) is 11.6. The number of nitrogens with zero attached hydrogens (tertiary/aromatic N) is 1. The van der Waals surface area contributed by atoms with Crippen molar-refractivity contribution in [1.82, 2.24) is 10.2 Å². The van der Waals surface area contributed by atoms with E-state index in [0.29, 0.717) is 13.0 Å². The Morgan fingerprint density at radius 2 is 1.69 bits per heavy atom. The summed E-state index contributed by atoms with van der Waals surface area (Å²) in [5.41, 5.74) is 6.29. The third-order valence-corrected chi connectivity index (χ3v) is 4.74. The van der Waals surface area contributed by atoms with Gasteiger partial charge in [-0.25, -0.2) is 0 Å². The molecule has 2 rings (SSSR count). The number of hydrogen-bond donors (Lipinski definition) is 3. The summed E-state index contributed by atoms with van der Waals surface area (Å²) in [5, 5.41) is 6.04. The van der Waals surface area contributed by atoms with Crippen molar-refractivity contribution >= 4 is 17.5 Å². The van der Waals surface area contributed by atoms with E-state index in [9.17, 15) is 9.59 Å². The maximum absolute atomic E-state index is 12.1. The maximum Gasteiger partial charge on any atom is 0.238 e. The van der Waals surface area contributed by atoms with Crippen molar-refractivity contribution in [2.45, 2.75) is 51.0 Å². The summed E-state index contributed by atoms with van der Waals surface area (Å²) in [7, 11) is 0. The number of carbonyl (C=O) groups excluding carboxylic acids is 2. The predicted octanol–water partition coefficient (Wildman–Crippen LogP) is 2.11. The second-order valence-corrected chi connectivity index (χ2v) is 6.99. The number of nitrogens with one attached hydrogen (secondary N) is 2. The minimum absolute atomic E-state index is 0.0103. The number of rotatable bonds is 10. The Labute approximate surface area is 156 Å². The highest BCUT2D eigenvalue weighted by atomic mass is 16.2. The number of likely N-dealkylation sites (tertiary alicyclic amines) is 1. The maximum atomic E-state index is 12.1. The topological polar surface area (TPSA) is 87.5 Å². The van der Waals surface area contributed by atoms with E-state index >= 15 is 0 Å². The number of carbonyl (C=O) groups is 2. The van der Waals surface area contributed by atoms with E-state index in [4.69, 9.17) is 5.73 Å². The zero-order valence-electron chi connectivity index (χ0n) is 15.6. The van der Waals surface area contributed by atoms with E-state index in [-0.39, 0.29) is 17.9 Å². The molecule has 1 aromatic rings. The molecule has 1 aliphatic rings. The molecule has 6 heteroatoms. The lowest BCUT2D eigenvalue weighted by Crippen LogP contribution is -2.46. The molecule has 0 aliphatic carbocycles. The van der Waals surface area contributed by atoms with Gasteiger partial charge < -0.3 is 16.4 Å². The van der Waals surface area contributed by atoms with Gasteiger partial charge in [-0.05, 0) is 44.4 Å². The second-order valence-electron chi connectivity index (χ2n) is 6.99. The van der Waals surface area contributed by atoms with Gasteiger partial charge in [0.05, 0.1) is 6.54 Å². The van der Waals surface area contributed by atoms with E-state index in [1.165, 1.54) is 0 Å². The van der Waals surface area contributed by atoms with Gasteiger partial charge in [0, 0.05) is 31.2 Å². The van der Waals surface area contributed by atoms with Gasteiger partial charge in [0.1, 0.15) is 0 Å². The minimum atomic E-state index is 0.0103. The van der Waals surface area contributed by atoms with Gasteiger partial charge >= 0.3 is 0 Å². The van der Waals surface area contributed by atoms with Crippen molar-refractivity contribution in [3.63, 3.8) is 0 Å². The van der Waals surface area contributed by atoms with Gasteiger partial charge in [-0.3, -0.25) is 14.5 Å². The number of unbranched alkanes of at least 4 members (excludes halogenated alkanes) is 3. The Morgan fingerprint density at radius 3 is 2.38 bits per heavy atom. The molecule has 0 radical (unpaired) electrons. The average Bonchev–Trinajstić information content (AvgIpc) is 2.64. The zero-order chi connectivity index (χ0) is 18.6. The number of hydrogen-bond acceptors (Lipinski definition) is 4. The molecule has 0 spiro atoms. The molecule has 144 valence electrons. The largest absolute Gasteiger partial charge is 0.353 e. The first-order valence-corrected chi connectivity index (χ1v) is 9.74. The highest BCUT2D eigenvalue weighted by Gasteiger charge is 2.21. The molecular formula is C20H32N4O2. The van der Waals surface area contributed by atoms with Crippen LogP contribution >= 0.6 is 0 Å². The summed E-state index contributed by atoms with van der Waals surface area (Å²) in [6, 6.07) is 9.74. The van der Waals surface area contributed by atoms with Crippen LogP contribution in [0.1, 0.15) is 44.9 Å². The van der Waals surface area contributed by atoms with Crippen molar-refractivity contribution in [2.75, 3.05) is 31.5 Å². The summed E-state index contributed by atoms with van der Waals surface area (Å²) in [4.78, 5) is 26.2. The molecule has 0 saturated carbocycles. The Kier molecular flexibility index (Phi) is 9.14. The summed E-state index contributed by atoms with van der Waals surface area (Å²) in [6.45, 7) is 2.80. The Balaban J connectivity index is 1.58. The van der Waals surface area contributed by atoms with Crippen molar-refractivity contribution < 1.29 is 9.59 Å². The number of amides is 2. The van der Waals surface area contributed by atoms with Crippen LogP contribution in [0.4, 0.5) is 5.69 Å². The molecule has 2 amide bonds. The van der Waals surface area contributed by atoms with E-state index in [2.05, 4.69) is 15.5 Å². The van der Waals surface area contributed by atoms with Gasteiger partial charge in [0.15, 0.2) is 0 Å². The monoisotopic (exact) mass is 360 g/mol. The lowest BCUT2D eigenvalue weighted by atomic mass is 10.0. The highest BCUT2D eigenvalue weighted by Crippen LogP contribution is 2.12. The number of para-hydroxylation sites is 1. The predicted molar refractivity (Wildman–Crippen MR) is 105 cm³/mol. The molecule has 0 unspecified atom stereocenters. The van der Waals surface area contributed by atoms with Crippen LogP contribution < -0.4 is 16.4 Å². The molecule has 26 heavy (non-hydrogen) atoms. The van der Waals surface area contributed by atoms with Gasteiger partial charge in [0.2, 0.25) is 11.8 Å². The standard InChI is InChI=1S/C20H32N4O2/c21-13-7-2-1-6-10-19(25)22-18-11-14-24(15-12-18)16-20(26)23-17-8-4-3-5-9-17/h3-5,8-9,18H,1-2,6-7,10-16,21H2,(H,22,25)(H,23,26). The van der Waals surface area contributed by atoms with Gasteiger partial charge in [-0.1, -0.05) is 31.0 Å². The Morgan fingerprint density at radius 1 is 1.00 bits per heavy atom. The van der Waals surface area contributed by atoms with Crippen molar-refractivity contribution in [3.05, 3.63) is 30.3 Å². The lowest BCUT2D eigenvalue weighted by Gasteiger charge is -2.31. The van der Waals surface area contributed by atoms with Crippen LogP contribution in [0, 0.1) is 0 Å². The van der Waals surface area contributed by atoms with Crippen molar-refractivity contribution in [3.8, 4) is 0 Å². The first-order chi connectivity index (χ1) is 12.7. The first-order valence-electron chi connectivity index (χ1n) is 9.74. The van der Waals surface area contributed by atoms with Crippen LogP contribution in [0.5, 0.6) is 0 Å². The molecule has 1 aromatic carbocycles. The fraction of sp³-hybridized carbons (Fsp3) is 0.600. The summed E-state index contributed by atoms with van der Waals surface area (Å²) in [6.07, 6.45) is 6.55. The van der Waals surface area contributed by atoms with Crippen LogP contribution in [-0.4, -0.2) is 48.9 Å². The van der Waals surface area contributed by atoms with Crippen LogP contribution in [0.25, 0.3) is 0 Å². The first kappa shape index (κ1) is 20.4. The summed E-state index contributed by atoms with van der Waals surface area (Å²) < 4.78 is 0. The average molecular weight is 361 g/mol. The zero-order valence-corrected chi connectivity index (χ0v) is 15.6. The fourth-order valence-electron chi connectivity index (χ4n) is 3.24. The highest BCUT2D eigenvalue weighted by molar-refractivity contribution is 5.92. The SMILES string of the molecule is NCCCCCCC(=O)NC1CCN(CC(=O)Nc2ccccc2)CC1. The van der Waals surface area contributed by atoms with Gasteiger partial charge in [0.25, 0.3) is 0 Å². The molecule has 0 bridgehead atoms. The molecule has 1 fully saturated rings. The molecular weight excluding hydrogens is 328 g/mol. The van der Waals surface area contributed by atoms with Crippen molar-refractivity contribution in [1.29, 1.82) is 0 Å². The van der Waals surface area contributed by atoms with E-state index in [1.54, 1.807) is 0 Å². The normalized spacial score (nSPS) is 15.6. The minimum Gasteiger partial charge on any atom is -0.353 e. The van der Waals surface area contributed by atoms with Crippen LogP contribution in [0.15, 0.2) is 30.3 Å². The fourth-order valence-corrected chi connectivity index (χ4v) is 3.24. The van der Waals surface area contributed by atoms with Gasteiger partial charge in [-0.2, -0.15) is 0 Å². The summed E-state index contributed by atoms with van der Waals surface area (Å²) >= 11 is 0. The number of anilines is 1. The van der Waals surface area contributed by atoms with Crippen LogP contribution in [0.3, 0.4) is 0 Å². The van der Waals surface area contributed by atoms with E-state index in [1.807, 2.05) is 30.3 Å². The molecule has 6 nitrogen and oxygen atoms in total. The number of piperidine rings is 1. The number of benzene rings is 1. The molecule has 0 aromatic heterocycles. The molecule has 0 atom stereocenters. The van der Waals surface area contributed by atoms with Crippen LogP contribution in [-0.2, 0) is 9.59 Å². The molecule has 1 aliphatic heterocycles. The third kappa shape index (κ3) is 7.97. The number of nitrogens with two attached hydrogens (primary N) is 1. The molecule has 1 heterocycles. The van der Waals surface area contributed by atoms with Crippen molar-refractivity contribution in [2.24, 2.45) is 5.73 Å².